The van der Waals surface area contributed by atoms with Crippen molar-refractivity contribution in [1.29, 1.82) is 0 Å². The molecule has 3 aromatic rings. The van der Waals surface area contributed by atoms with E-state index in [0.717, 1.165) is 27.9 Å². The van der Waals surface area contributed by atoms with Crippen LogP contribution in [0.5, 0.6) is 5.75 Å². The molecule has 96 valence electrons. The summed E-state index contributed by atoms with van der Waals surface area (Å²) in [5, 5.41) is 1.12. The van der Waals surface area contributed by atoms with Crippen LogP contribution in [0.4, 0.5) is 5.69 Å². The first kappa shape index (κ1) is 11.7. The summed E-state index contributed by atoms with van der Waals surface area (Å²) in [6, 6.07) is 13.9. The van der Waals surface area contributed by atoms with E-state index in [0.29, 0.717) is 6.61 Å². The van der Waals surface area contributed by atoms with Crippen LogP contribution >= 0.6 is 0 Å². The molecule has 3 rings (SSSR count). The molecule has 3 nitrogen and oxygen atoms in total. The van der Waals surface area contributed by atoms with Gasteiger partial charge in [0.1, 0.15) is 12.4 Å². The van der Waals surface area contributed by atoms with E-state index in [1.54, 1.807) is 0 Å². The molecule has 0 aliphatic rings. The van der Waals surface area contributed by atoms with E-state index >= 15 is 0 Å². The van der Waals surface area contributed by atoms with Crippen LogP contribution in [0.25, 0.3) is 10.9 Å². The first-order valence-corrected chi connectivity index (χ1v) is 6.27. The van der Waals surface area contributed by atoms with Crippen molar-refractivity contribution in [1.82, 2.24) is 4.98 Å². The Kier molecular flexibility index (Phi) is 2.88. The van der Waals surface area contributed by atoms with Gasteiger partial charge in [-0.3, -0.25) is 0 Å². The Bertz CT molecular complexity index is 698. The number of aromatic nitrogens is 1. The molecule has 0 saturated heterocycles. The van der Waals surface area contributed by atoms with Crippen molar-refractivity contribution in [3.05, 3.63) is 59.8 Å². The lowest BCUT2D eigenvalue weighted by atomic mass is 10.1. The van der Waals surface area contributed by atoms with Gasteiger partial charge >= 0.3 is 0 Å². The zero-order chi connectivity index (χ0) is 13.2. The summed E-state index contributed by atoms with van der Waals surface area (Å²) in [5.74, 6) is 0.879. The van der Waals surface area contributed by atoms with Gasteiger partial charge in [0.15, 0.2) is 0 Å². The van der Waals surface area contributed by atoms with Crippen molar-refractivity contribution in [2.75, 3.05) is 5.73 Å². The number of nitrogen functional groups attached to an aromatic ring is 1. The Balaban J connectivity index is 1.81. The standard InChI is InChI=1S/C16H16N2O/c1-11-2-5-14(6-3-11)19-10-12-9-18-16-7-4-13(17)8-15(12)16/h2-9,18H,10,17H2,1H3. The summed E-state index contributed by atoms with van der Waals surface area (Å²) in [7, 11) is 0. The summed E-state index contributed by atoms with van der Waals surface area (Å²) < 4.78 is 5.79. The van der Waals surface area contributed by atoms with E-state index in [2.05, 4.69) is 11.9 Å². The fourth-order valence-electron chi connectivity index (χ4n) is 2.11. The molecule has 3 N–H and O–H groups in total. The van der Waals surface area contributed by atoms with Gasteiger partial charge in [0.2, 0.25) is 0 Å². The van der Waals surface area contributed by atoms with Gasteiger partial charge < -0.3 is 15.5 Å². The van der Waals surface area contributed by atoms with E-state index in [9.17, 15) is 0 Å². The molecule has 1 heterocycles. The number of fused-ring (bicyclic) bond motifs is 1. The molecule has 0 atom stereocenters. The minimum absolute atomic E-state index is 0.534. The molecular weight excluding hydrogens is 236 g/mol. The Labute approximate surface area is 112 Å². The van der Waals surface area contributed by atoms with Gasteiger partial charge in [0.25, 0.3) is 0 Å². The third-order valence-corrected chi connectivity index (χ3v) is 3.21. The number of hydrogen-bond acceptors (Lipinski definition) is 2. The molecule has 0 saturated carbocycles. The summed E-state index contributed by atoms with van der Waals surface area (Å²) in [6.45, 7) is 2.60. The minimum Gasteiger partial charge on any atom is -0.489 e. The number of aryl methyl sites for hydroxylation is 1. The van der Waals surface area contributed by atoms with Gasteiger partial charge in [-0.25, -0.2) is 0 Å². The number of rotatable bonds is 3. The minimum atomic E-state index is 0.534. The van der Waals surface area contributed by atoms with Crippen molar-refractivity contribution in [3.8, 4) is 5.75 Å². The maximum absolute atomic E-state index is 5.82. The second-order valence-electron chi connectivity index (χ2n) is 4.72. The maximum atomic E-state index is 5.82. The molecule has 2 aromatic carbocycles. The van der Waals surface area contributed by atoms with Crippen LogP contribution in [0.2, 0.25) is 0 Å². The average molecular weight is 252 g/mol. The Morgan fingerprint density at radius 1 is 1.11 bits per heavy atom. The first-order valence-electron chi connectivity index (χ1n) is 6.27. The summed E-state index contributed by atoms with van der Waals surface area (Å²) in [6.07, 6.45) is 1.97. The van der Waals surface area contributed by atoms with Crippen LogP contribution in [0.3, 0.4) is 0 Å². The number of hydrogen-bond donors (Lipinski definition) is 2. The van der Waals surface area contributed by atoms with Crippen molar-refractivity contribution in [2.45, 2.75) is 13.5 Å². The fourth-order valence-corrected chi connectivity index (χ4v) is 2.11. The second-order valence-corrected chi connectivity index (χ2v) is 4.72. The Morgan fingerprint density at radius 3 is 2.68 bits per heavy atom. The zero-order valence-corrected chi connectivity index (χ0v) is 10.8. The second kappa shape index (κ2) is 4.69. The van der Waals surface area contributed by atoms with Crippen molar-refractivity contribution in [2.24, 2.45) is 0 Å². The maximum Gasteiger partial charge on any atom is 0.119 e. The molecule has 0 aliphatic carbocycles. The molecule has 3 heteroatoms. The van der Waals surface area contributed by atoms with Gasteiger partial charge in [-0.05, 0) is 37.3 Å². The van der Waals surface area contributed by atoms with Crippen LogP contribution in [0, 0.1) is 6.92 Å². The molecule has 0 fully saturated rings. The number of benzene rings is 2. The van der Waals surface area contributed by atoms with Gasteiger partial charge in [0.05, 0.1) is 0 Å². The van der Waals surface area contributed by atoms with E-state index in [1.807, 2.05) is 48.7 Å². The number of nitrogens with two attached hydrogens (primary N) is 1. The van der Waals surface area contributed by atoms with Gasteiger partial charge in [0, 0.05) is 28.4 Å². The molecule has 0 amide bonds. The molecule has 0 unspecified atom stereocenters. The van der Waals surface area contributed by atoms with Crippen molar-refractivity contribution >= 4 is 16.6 Å². The number of aromatic amines is 1. The van der Waals surface area contributed by atoms with Crippen LogP contribution < -0.4 is 10.5 Å². The van der Waals surface area contributed by atoms with Crippen molar-refractivity contribution in [3.63, 3.8) is 0 Å². The van der Waals surface area contributed by atoms with E-state index < -0.39 is 0 Å². The third-order valence-electron chi connectivity index (χ3n) is 3.21. The third kappa shape index (κ3) is 2.40. The Hall–Kier alpha value is -2.42. The molecule has 0 aliphatic heterocycles. The van der Waals surface area contributed by atoms with Crippen LogP contribution in [0.15, 0.2) is 48.7 Å². The molecule has 0 spiro atoms. The van der Waals surface area contributed by atoms with Gasteiger partial charge in [-0.15, -0.1) is 0 Å². The van der Waals surface area contributed by atoms with E-state index in [4.69, 9.17) is 10.5 Å². The highest BCUT2D eigenvalue weighted by molar-refractivity contribution is 5.85. The predicted octanol–water partition coefficient (Wildman–Crippen LogP) is 3.64. The monoisotopic (exact) mass is 252 g/mol. The lowest BCUT2D eigenvalue weighted by Gasteiger charge is -2.05. The number of nitrogens with one attached hydrogen (secondary N) is 1. The van der Waals surface area contributed by atoms with Crippen LogP contribution in [-0.4, -0.2) is 4.98 Å². The van der Waals surface area contributed by atoms with Crippen LogP contribution in [-0.2, 0) is 6.61 Å². The van der Waals surface area contributed by atoms with Crippen LogP contribution in [0.1, 0.15) is 11.1 Å². The topological polar surface area (TPSA) is 51.0 Å². The molecule has 0 bridgehead atoms. The highest BCUT2D eigenvalue weighted by Crippen LogP contribution is 2.22. The SMILES string of the molecule is Cc1ccc(OCc2c[nH]c3ccc(N)cc23)cc1. The molecule has 19 heavy (non-hydrogen) atoms. The molecule has 0 radical (unpaired) electrons. The predicted molar refractivity (Wildman–Crippen MR) is 78.2 cm³/mol. The highest BCUT2D eigenvalue weighted by Gasteiger charge is 2.04. The quantitative estimate of drug-likeness (QED) is 0.699. The summed E-state index contributed by atoms with van der Waals surface area (Å²) >= 11 is 0. The largest absolute Gasteiger partial charge is 0.489 e. The Morgan fingerprint density at radius 2 is 1.89 bits per heavy atom. The molecule has 1 aromatic heterocycles. The zero-order valence-electron chi connectivity index (χ0n) is 10.8. The van der Waals surface area contributed by atoms with Gasteiger partial charge in [-0.1, -0.05) is 17.7 Å². The van der Waals surface area contributed by atoms with E-state index in [1.165, 1.54) is 5.56 Å². The fraction of sp³-hybridized carbons (Fsp3) is 0.125. The smallest absolute Gasteiger partial charge is 0.119 e. The first-order chi connectivity index (χ1) is 9.22. The number of H-pyrrole nitrogens is 1. The number of ether oxygens (including phenoxy) is 1. The normalized spacial score (nSPS) is 10.8. The van der Waals surface area contributed by atoms with Gasteiger partial charge in [-0.2, -0.15) is 0 Å². The lowest BCUT2D eigenvalue weighted by molar-refractivity contribution is 0.307. The lowest BCUT2D eigenvalue weighted by Crippen LogP contribution is -1.94. The van der Waals surface area contributed by atoms with E-state index in [-0.39, 0.29) is 0 Å². The average Bonchev–Trinajstić information content (AvgIpc) is 2.80. The highest BCUT2D eigenvalue weighted by atomic mass is 16.5. The van der Waals surface area contributed by atoms with Crippen molar-refractivity contribution < 1.29 is 4.74 Å². The summed E-state index contributed by atoms with van der Waals surface area (Å²) in [4.78, 5) is 3.23. The summed E-state index contributed by atoms with van der Waals surface area (Å²) in [5.41, 5.74) is 10.0. The number of anilines is 1. The molecular formula is C16H16N2O.